The second-order valence-electron chi connectivity index (χ2n) is 4.93. The highest BCUT2D eigenvalue weighted by atomic mass is 32.1. The summed E-state index contributed by atoms with van der Waals surface area (Å²) in [5.74, 6) is 0.389. The number of hydrogen-bond donors (Lipinski definition) is 1. The molecule has 0 bridgehead atoms. The quantitative estimate of drug-likeness (QED) is 0.883. The van der Waals surface area contributed by atoms with Crippen LogP contribution in [0.2, 0.25) is 0 Å². The molecule has 0 radical (unpaired) electrons. The minimum atomic E-state index is 0.114. The molecule has 18 heavy (non-hydrogen) atoms. The lowest BCUT2D eigenvalue weighted by atomic mass is 10.1. The van der Waals surface area contributed by atoms with Gasteiger partial charge < -0.3 is 9.84 Å². The van der Waals surface area contributed by atoms with E-state index in [-0.39, 0.29) is 6.61 Å². The molecule has 1 N–H and O–H groups in total. The van der Waals surface area contributed by atoms with Crippen molar-refractivity contribution >= 4 is 11.3 Å². The molecule has 1 saturated heterocycles. The number of morpholine rings is 1. The molecule has 0 spiro atoms. The van der Waals surface area contributed by atoms with E-state index in [0.29, 0.717) is 5.92 Å². The molecule has 5 heteroatoms. The van der Waals surface area contributed by atoms with Crippen molar-refractivity contribution in [2.75, 3.05) is 32.8 Å². The smallest absolute Gasteiger partial charge is 0.0944 e. The van der Waals surface area contributed by atoms with Gasteiger partial charge in [0.2, 0.25) is 0 Å². The van der Waals surface area contributed by atoms with Crippen LogP contribution in [0.15, 0.2) is 0 Å². The summed E-state index contributed by atoms with van der Waals surface area (Å²) in [6.07, 6.45) is 0.977. The first-order valence-corrected chi connectivity index (χ1v) is 7.41. The summed E-state index contributed by atoms with van der Waals surface area (Å²) in [7, 11) is 0. The number of aromatic nitrogens is 1. The van der Waals surface area contributed by atoms with Crippen LogP contribution in [0.4, 0.5) is 0 Å². The minimum absolute atomic E-state index is 0.114. The lowest BCUT2D eigenvalue weighted by Gasteiger charge is -2.26. The van der Waals surface area contributed by atoms with E-state index in [1.54, 1.807) is 11.3 Å². The molecule has 102 valence electrons. The van der Waals surface area contributed by atoms with Crippen LogP contribution >= 0.6 is 11.3 Å². The Balaban J connectivity index is 1.92. The van der Waals surface area contributed by atoms with E-state index in [4.69, 9.17) is 4.74 Å². The van der Waals surface area contributed by atoms with Crippen molar-refractivity contribution in [3.05, 3.63) is 15.6 Å². The fourth-order valence-corrected chi connectivity index (χ4v) is 3.24. The summed E-state index contributed by atoms with van der Waals surface area (Å²) in [5.41, 5.74) is 1.07. The molecule has 1 aromatic rings. The van der Waals surface area contributed by atoms with Crippen LogP contribution in [0.5, 0.6) is 0 Å². The Morgan fingerprint density at radius 1 is 1.39 bits per heavy atom. The van der Waals surface area contributed by atoms with Gasteiger partial charge in [0.05, 0.1) is 35.4 Å². The maximum absolute atomic E-state index is 9.34. The molecule has 0 aliphatic carbocycles. The van der Waals surface area contributed by atoms with Gasteiger partial charge in [-0.25, -0.2) is 4.98 Å². The van der Waals surface area contributed by atoms with Gasteiger partial charge in [0.25, 0.3) is 0 Å². The molecule has 1 fully saturated rings. The van der Waals surface area contributed by atoms with Gasteiger partial charge >= 0.3 is 0 Å². The largest absolute Gasteiger partial charge is 0.391 e. The van der Waals surface area contributed by atoms with Crippen molar-refractivity contribution in [1.29, 1.82) is 0 Å². The van der Waals surface area contributed by atoms with Gasteiger partial charge in [-0.3, -0.25) is 4.90 Å². The Morgan fingerprint density at radius 3 is 2.67 bits per heavy atom. The summed E-state index contributed by atoms with van der Waals surface area (Å²) in [6, 6.07) is 0. The van der Waals surface area contributed by atoms with E-state index < -0.39 is 0 Å². The molecule has 0 aromatic carbocycles. The van der Waals surface area contributed by atoms with Gasteiger partial charge in [0, 0.05) is 26.1 Å². The highest BCUT2D eigenvalue weighted by Crippen LogP contribution is 2.25. The Labute approximate surface area is 113 Å². The lowest BCUT2D eigenvalue weighted by Crippen LogP contribution is -2.37. The minimum Gasteiger partial charge on any atom is -0.391 e. The Kier molecular flexibility index (Phi) is 5.12. The number of ether oxygens (including phenoxy) is 1. The zero-order valence-corrected chi connectivity index (χ0v) is 12.0. The number of aliphatic hydroxyl groups is 1. The molecule has 2 heterocycles. The standard InChI is InChI=1S/C13H22N2O2S/c1-10(2)13-11(9-16)18-12(14-13)3-4-15-5-7-17-8-6-15/h10,16H,3-9H2,1-2H3. The fraction of sp³-hybridized carbons (Fsp3) is 0.769. The maximum atomic E-state index is 9.34. The van der Waals surface area contributed by atoms with E-state index in [1.807, 2.05) is 0 Å². The van der Waals surface area contributed by atoms with Crippen LogP contribution in [0.1, 0.15) is 35.3 Å². The second kappa shape index (κ2) is 6.61. The van der Waals surface area contributed by atoms with Crippen molar-refractivity contribution in [3.63, 3.8) is 0 Å². The highest BCUT2D eigenvalue weighted by molar-refractivity contribution is 7.11. The highest BCUT2D eigenvalue weighted by Gasteiger charge is 2.15. The molecular weight excluding hydrogens is 248 g/mol. The molecule has 1 aromatic heterocycles. The van der Waals surface area contributed by atoms with Gasteiger partial charge in [0.1, 0.15) is 0 Å². The second-order valence-corrected chi connectivity index (χ2v) is 6.10. The average Bonchev–Trinajstić information content (AvgIpc) is 2.81. The van der Waals surface area contributed by atoms with Crippen molar-refractivity contribution in [2.45, 2.75) is 32.8 Å². The SMILES string of the molecule is CC(C)c1nc(CCN2CCOCC2)sc1CO. The number of nitrogens with zero attached hydrogens (tertiary/aromatic N) is 2. The molecule has 0 atom stereocenters. The third kappa shape index (κ3) is 3.51. The Morgan fingerprint density at radius 2 is 2.11 bits per heavy atom. The van der Waals surface area contributed by atoms with Gasteiger partial charge in [0.15, 0.2) is 0 Å². The molecule has 1 aliphatic heterocycles. The number of hydrogen-bond acceptors (Lipinski definition) is 5. The van der Waals surface area contributed by atoms with Crippen molar-refractivity contribution in [1.82, 2.24) is 9.88 Å². The predicted molar refractivity (Wildman–Crippen MR) is 73.1 cm³/mol. The lowest BCUT2D eigenvalue weighted by molar-refractivity contribution is 0.0384. The molecule has 0 saturated carbocycles. The van der Waals surface area contributed by atoms with Crippen molar-refractivity contribution in [2.24, 2.45) is 0 Å². The number of rotatable bonds is 5. The molecular formula is C13H22N2O2S. The first kappa shape index (κ1) is 13.9. The Hall–Kier alpha value is -0.490. The third-order valence-electron chi connectivity index (χ3n) is 3.21. The molecule has 4 nitrogen and oxygen atoms in total. The van der Waals surface area contributed by atoms with Gasteiger partial charge in [-0.1, -0.05) is 13.8 Å². The summed E-state index contributed by atoms with van der Waals surface area (Å²) in [6.45, 7) is 9.14. The predicted octanol–water partition coefficient (Wildman–Crippen LogP) is 1.63. The van der Waals surface area contributed by atoms with Crippen LogP contribution < -0.4 is 0 Å². The van der Waals surface area contributed by atoms with Crippen LogP contribution in [-0.2, 0) is 17.8 Å². The van der Waals surface area contributed by atoms with E-state index in [0.717, 1.165) is 54.8 Å². The van der Waals surface area contributed by atoms with Crippen LogP contribution in [-0.4, -0.2) is 47.8 Å². The Bertz CT molecular complexity index is 373. The van der Waals surface area contributed by atoms with Crippen LogP contribution in [0, 0.1) is 0 Å². The molecule has 2 rings (SSSR count). The van der Waals surface area contributed by atoms with Gasteiger partial charge in [-0.05, 0) is 5.92 Å². The first-order valence-electron chi connectivity index (χ1n) is 6.60. The first-order chi connectivity index (χ1) is 8.70. The van der Waals surface area contributed by atoms with E-state index in [1.165, 1.54) is 0 Å². The number of thiazole rings is 1. The topological polar surface area (TPSA) is 45.6 Å². The third-order valence-corrected chi connectivity index (χ3v) is 4.32. The average molecular weight is 270 g/mol. The zero-order chi connectivity index (χ0) is 13.0. The molecule has 0 unspecified atom stereocenters. The molecule has 1 aliphatic rings. The van der Waals surface area contributed by atoms with Gasteiger partial charge in [-0.2, -0.15) is 0 Å². The van der Waals surface area contributed by atoms with E-state index in [9.17, 15) is 5.11 Å². The van der Waals surface area contributed by atoms with Crippen LogP contribution in [0.3, 0.4) is 0 Å². The summed E-state index contributed by atoms with van der Waals surface area (Å²) >= 11 is 1.66. The van der Waals surface area contributed by atoms with Crippen molar-refractivity contribution in [3.8, 4) is 0 Å². The maximum Gasteiger partial charge on any atom is 0.0944 e. The van der Waals surface area contributed by atoms with Crippen LogP contribution in [0.25, 0.3) is 0 Å². The summed E-state index contributed by atoms with van der Waals surface area (Å²) < 4.78 is 5.34. The van der Waals surface area contributed by atoms with E-state index >= 15 is 0 Å². The molecule has 0 amide bonds. The fourth-order valence-electron chi connectivity index (χ4n) is 2.16. The van der Waals surface area contributed by atoms with Crippen molar-refractivity contribution < 1.29 is 9.84 Å². The van der Waals surface area contributed by atoms with Gasteiger partial charge in [-0.15, -0.1) is 11.3 Å². The summed E-state index contributed by atoms with van der Waals surface area (Å²) in [4.78, 5) is 8.11. The normalized spacial score (nSPS) is 17.6. The summed E-state index contributed by atoms with van der Waals surface area (Å²) in [5, 5.41) is 10.5. The van der Waals surface area contributed by atoms with E-state index in [2.05, 4.69) is 23.7 Å². The number of aliphatic hydroxyl groups excluding tert-OH is 1. The monoisotopic (exact) mass is 270 g/mol. The zero-order valence-electron chi connectivity index (χ0n) is 11.2.